The summed E-state index contributed by atoms with van der Waals surface area (Å²) in [7, 11) is -2.76. The van der Waals surface area contributed by atoms with Crippen molar-refractivity contribution in [2.75, 3.05) is 13.2 Å². The molecule has 0 unspecified atom stereocenters. The molecule has 0 heterocycles. The zero-order valence-corrected chi connectivity index (χ0v) is 12.2. The van der Waals surface area contributed by atoms with E-state index in [1.54, 1.807) is 12.1 Å². The Kier molecular flexibility index (Phi) is 8.71. The van der Waals surface area contributed by atoms with Gasteiger partial charge in [0.05, 0.1) is 6.61 Å². The summed E-state index contributed by atoms with van der Waals surface area (Å²) in [5.74, 6) is 0.701. The Hall–Kier alpha value is 0.252. The molecule has 14 heavy (non-hydrogen) atoms. The van der Waals surface area contributed by atoms with Gasteiger partial charge in [-0.3, -0.25) is 0 Å². The Morgan fingerprint density at radius 3 is 2.29 bits per heavy atom. The van der Waals surface area contributed by atoms with E-state index in [-0.39, 0.29) is 40.5 Å². The van der Waals surface area contributed by atoms with Crippen LogP contribution in [0.5, 0.6) is 5.75 Å². The Labute approximate surface area is 104 Å². The van der Waals surface area contributed by atoms with Gasteiger partial charge in [0.2, 0.25) is 0 Å². The third kappa shape index (κ3) is 6.67. The molecule has 1 aromatic carbocycles. The summed E-state index contributed by atoms with van der Waals surface area (Å²) < 4.78 is 9.46. The van der Waals surface area contributed by atoms with E-state index in [9.17, 15) is 9.79 Å². The fourth-order valence-electron chi connectivity index (χ4n) is 0.788. The molecule has 0 spiro atoms. The molecule has 1 rings (SSSR count). The number of hydrogen-bond donors (Lipinski definition) is 0. The van der Waals surface area contributed by atoms with Crippen LogP contribution >= 0.6 is 8.60 Å². The van der Waals surface area contributed by atoms with Crippen LogP contribution in [0.1, 0.15) is 0 Å². The Morgan fingerprint density at radius 2 is 1.71 bits per heavy atom. The van der Waals surface area contributed by atoms with Crippen molar-refractivity contribution in [3.8, 4) is 5.75 Å². The van der Waals surface area contributed by atoms with E-state index >= 15 is 0 Å². The van der Waals surface area contributed by atoms with Crippen LogP contribution in [0.4, 0.5) is 0 Å². The quantitative estimate of drug-likeness (QED) is 0.380. The maximum Gasteiger partial charge on any atom is 2.00 e. The molecule has 0 aromatic heterocycles. The summed E-state index contributed by atoms with van der Waals surface area (Å²) in [5.41, 5.74) is 0. The first-order valence-electron chi connectivity index (χ1n) is 3.74. The number of ether oxygens (including phenoxy) is 1. The first-order chi connectivity index (χ1) is 6.29. The molecule has 74 valence electrons. The molecule has 0 atom stereocenters. The second kappa shape index (κ2) is 8.55. The van der Waals surface area contributed by atoms with Gasteiger partial charge in [-0.2, -0.15) is 8.60 Å². The largest absolute Gasteiger partial charge is 2.00 e. The second-order valence-electron chi connectivity index (χ2n) is 2.22. The summed E-state index contributed by atoms with van der Waals surface area (Å²) in [6, 6.07) is 9.13. The minimum Gasteiger partial charge on any atom is -0.820 e. The Morgan fingerprint density at radius 1 is 1.07 bits per heavy atom. The molecule has 2 radical (unpaired) electrons. The minimum absolute atomic E-state index is 0. The molecule has 0 saturated heterocycles. The van der Waals surface area contributed by atoms with Gasteiger partial charge in [-0.1, -0.05) is 18.2 Å². The molecule has 0 amide bonds. The average Bonchev–Trinajstić information content (AvgIpc) is 2.14. The van der Waals surface area contributed by atoms with Crippen LogP contribution < -0.4 is 14.5 Å². The van der Waals surface area contributed by atoms with Crippen LogP contribution in [-0.4, -0.2) is 40.5 Å². The molecule has 0 saturated carbocycles. The van der Waals surface area contributed by atoms with Crippen molar-refractivity contribution in [1.29, 1.82) is 0 Å². The Balaban J connectivity index is 0.00000169. The predicted octanol–water partition coefficient (Wildman–Crippen LogP) is -0.351. The van der Waals surface area contributed by atoms with Gasteiger partial charge in [0.15, 0.2) is 0 Å². The molecular weight excluding hydrogens is 398 g/mol. The van der Waals surface area contributed by atoms with Crippen LogP contribution in [0, 0.1) is 0 Å². The van der Waals surface area contributed by atoms with Crippen LogP contribution in [0.25, 0.3) is 0 Å². The van der Waals surface area contributed by atoms with Gasteiger partial charge in [0.25, 0.3) is 0 Å². The zero-order chi connectivity index (χ0) is 9.52. The van der Waals surface area contributed by atoms with Gasteiger partial charge in [0, 0.05) is 0 Å². The summed E-state index contributed by atoms with van der Waals surface area (Å²) in [6.07, 6.45) is 0. The van der Waals surface area contributed by atoms with Crippen molar-refractivity contribution in [2.24, 2.45) is 0 Å². The van der Waals surface area contributed by atoms with Crippen molar-refractivity contribution in [1.82, 2.24) is 0 Å². The number of rotatable bonds is 5. The fraction of sp³-hybridized carbons (Fsp3) is 0.250. The molecular formula is C8H9O4PPb. The van der Waals surface area contributed by atoms with Gasteiger partial charge in [-0.05, 0) is 12.1 Å². The minimum atomic E-state index is -2.76. The fourth-order valence-corrected chi connectivity index (χ4v) is 1.01. The van der Waals surface area contributed by atoms with Crippen molar-refractivity contribution >= 4 is 35.9 Å². The van der Waals surface area contributed by atoms with Gasteiger partial charge < -0.3 is 19.0 Å². The topological polar surface area (TPSA) is 64.6 Å². The van der Waals surface area contributed by atoms with Crippen LogP contribution in [-0.2, 0) is 4.52 Å². The second-order valence-corrected chi connectivity index (χ2v) is 2.92. The van der Waals surface area contributed by atoms with Gasteiger partial charge in [-0.15, -0.1) is 0 Å². The third-order valence-corrected chi connectivity index (χ3v) is 1.69. The summed E-state index contributed by atoms with van der Waals surface area (Å²) >= 11 is 0. The van der Waals surface area contributed by atoms with Crippen molar-refractivity contribution in [3.63, 3.8) is 0 Å². The third-order valence-electron chi connectivity index (χ3n) is 1.29. The summed E-state index contributed by atoms with van der Waals surface area (Å²) in [4.78, 5) is 19.9. The number of benzene rings is 1. The molecule has 4 nitrogen and oxygen atoms in total. The monoisotopic (exact) mass is 408 g/mol. The number of para-hydroxylation sites is 1. The van der Waals surface area contributed by atoms with Crippen molar-refractivity contribution in [3.05, 3.63) is 30.3 Å². The normalized spacial score (nSPS) is 9.64. The maximum absolute atomic E-state index is 9.97. The van der Waals surface area contributed by atoms with E-state index in [1.165, 1.54) is 0 Å². The average molecular weight is 407 g/mol. The van der Waals surface area contributed by atoms with Crippen LogP contribution in [0.2, 0.25) is 0 Å². The molecule has 0 aliphatic carbocycles. The molecule has 0 bridgehead atoms. The maximum atomic E-state index is 9.97. The van der Waals surface area contributed by atoms with Crippen molar-refractivity contribution < 1.29 is 19.0 Å². The van der Waals surface area contributed by atoms with E-state index in [0.29, 0.717) is 5.75 Å². The predicted molar refractivity (Wildman–Crippen MR) is 50.6 cm³/mol. The number of hydrogen-bond acceptors (Lipinski definition) is 4. The first-order valence-corrected chi connectivity index (χ1v) is 4.84. The van der Waals surface area contributed by atoms with Gasteiger partial charge in [0.1, 0.15) is 12.4 Å². The summed E-state index contributed by atoms with van der Waals surface area (Å²) in [5, 5.41) is 0. The van der Waals surface area contributed by atoms with Gasteiger partial charge >= 0.3 is 27.3 Å². The van der Waals surface area contributed by atoms with E-state index in [2.05, 4.69) is 4.52 Å². The molecule has 6 heteroatoms. The van der Waals surface area contributed by atoms with Gasteiger partial charge in [-0.25, -0.2) is 0 Å². The van der Waals surface area contributed by atoms with E-state index in [4.69, 9.17) is 4.74 Å². The van der Waals surface area contributed by atoms with E-state index in [0.717, 1.165) is 0 Å². The standard InChI is InChI=1S/C8H9O4P.Pb/c9-13(10)12-7-6-11-8-4-2-1-3-5-8;/h1-5H,6-7H2;/q-2;+2. The first kappa shape index (κ1) is 14.3. The van der Waals surface area contributed by atoms with E-state index in [1.807, 2.05) is 18.2 Å². The molecule has 0 aliphatic rings. The van der Waals surface area contributed by atoms with Crippen molar-refractivity contribution in [2.45, 2.75) is 0 Å². The molecule has 0 aliphatic heterocycles. The summed E-state index contributed by atoms with van der Waals surface area (Å²) in [6.45, 7) is 0.279. The molecule has 0 N–H and O–H groups in total. The SMILES string of the molecule is [O-]P([O-])OCCOc1ccccc1.[Pb+2]. The molecule has 0 fully saturated rings. The van der Waals surface area contributed by atoms with Crippen LogP contribution in [0.15, 0.2) is 30.3 Å². The molecule has 1 aromatic rings. The zero-order valence-electron chi connectivity index (χ0n) is 7.38. The smallest absolute Gasteiger partial charge is 0.820 e. The van der Waals surface area contributed by atoms with E-state index < -0.39 is 8.60 Å². The Bertz CT molecular complexity index is 232. The van der Waals surface area contributed by atoms with Crippen LogP contribution in [0.3, 0.4) is 0 Å².